The lowest BCUT2D eigenvalue weighted by atomic mass is 10.1. The van der Waals surface area contributed by atoms with Gasteiger partial charge in [0.25, 0.3) is 0 Å². The third kappa shape index (κ3) is 2.09. The smallest absolute Gasteiger partial charge is 0.0730 e. The highest BCUT2D eigenvalue weighted by atomic mass is 14.9. The van der Waals surface area contributed by atoms with Crippen molar-refractivity contribution in [3.05, 3.63) is 72.3 Å². The zero-order chi connectivity index (χ0) is 15.9. The summed E-state index contributed by atoms with van der Waals surface area (Å²) in [7, 11) is 0. The highest BCUT2D eigenvalue weighted by Gasteiger charge is 2.12. The molecule has 0 amide bonds. The van der Waals surface area contributed by atoms with Crippen LogP contribution in [0.25, 0.3) is 21.8 Å². The topological polar surface area (TPSA) is 37.0 Å². The lowest BCUT2D eigenvalue weighted by Crippen LogP contribution is -1.96. The molecule has 0 saturated carbocycles. The van der Waals surface area contributed by atoms with Gasteiger partial charge < -0.3 is 10.6 Å². The lowest BCUT2D eigenvalue weighted by molar-refractivity contribution is 1.11. The molecule has 116 valence electrons. The molecule has 1 aliphatic heterocycles. The molecule has 0 aliphatic carbocycles. The van der Waals surface area contributed by atoms with E-state index in [2.05, 4.69) is 65.2 Å². The van der Waals surface area contributed by atoms with Crippen molar-refractivity contribution in [2.45, 2.75) is 6.42 Å². The predicted octanol–water partition coefficient (Wildman–Crippen LogP) is 5.10. The van der Waals surface area contributed by atoms with E-state index in [4.69, 9.17) is 4.98 Å². The number of fused-ring (bicyclic) bond motifs is 3. The van der Waals surface area contributed by atoms with Gasteiger partial charge in [0.2, 0.25) is 0 Å². The number of nitrogens with one attached hydrogen (secondary N) is 2. The number of benzene rings is 3. The average Bonchev–Trinajstić information content (AvgIpc) is 3.09. The Morgan fingerprint density at radius 1 is 0.833 bits per heavy atom. The van der Waals surface area contributed by atoms with Crippen LogP contribution in [0.2, 0.25) is 0 Å². The summed E-state index contributed by atoms with van der Waals surface area (Å²) in [5.74, 6) is 0. The summed E-state index contributed by atoms with van der Waals surface area (Å²) in [6.07, 6.45) is 1.09. The van der Waals surface area contributed by atoms with Gasteiger partial charge in [-0.1, -0.05) is 36.4 Å². The Morgan fingerprint density at radius 2 is 1.54 bits per heavy atom. The Hall–Kier alpha value is -3.07. The number of anilines is 3. The second kappa shape index (κ2) is 5.24. The van der Waals surface area contributed by atoms with Crippen LogP contribution in [0.1, 0.15) is 5.56 Å². The fraction of sp³-hybridized carbons (Fsp3) is 0.0952. The first-order chi connectivity index (χ1) is 11.9. The molecule has 0 saturated heterocycles. The van der Waals surface area contributed by atoms with E-state index in [-0.39, 0.29) is 0 Å². The van der Waals surface area contributed by atoms with Crippen LogP contribution in [0, 0.1) is 0 Å². The zero-order valence-electron chi connectivity index (χ0n) is 13.2. The van der Waals surface area contributed by atoms with Gasteiger partial charge in [-0.15, -0.1) is 0 Å². The molecular weight excluding hydrogens is 294 g/mol. The van der Waals surface area contributed by atoms with Crippen molar-refractivity contribution in [2.24, 2.45) is 0 Å². The summed E-state index contributed by atoms with van der Waals surface area (Å²) >= 11 is 0. The molecule has 0 atom stereocenters. The Labute approximate surface area is 140 Å². The van der Waals surface area contributed by atoms with Crippen molar-refractivity contribution >= 4 is 38.9 Å². The second-order valence-electron chi connectivity index (χ2n) is 6.19. The van der Waals surface area contributed by atoms with E-state index in [0.29, 0.717) is 0 Å². The molecule has 2 N–H and O–H groups in total. The van der Waals surface area contributed by atoms with E-state index in [0.717, 1.165) is 46.1 Å². The van der Waals surface area contributed by atoms with E-state index in [9.17, 15) is 0 Å². The Kier molecular flexibility index (Phi) is 2.92. The molecule has 0 bridgehead atoms. The molecule has 3 heteroatoms. The number of para-hydroxylation sites is 2. The first-order valence-corrected chi connectivity index (χ1v) is 8.30. The molecule has 1 aromatic heterocycles. The molecule has 4 aromatic rings. The number of hydrogen-bond acceptors (Lipinski definition) is 3. The molecule has 3 aromatic carbocycles. The average molecular weight is 311 g/mol. The van der Waals surface area contributed by atoms with Crippen LogP contribution in [-0.2, 0) is 6.42 Å². The van der Waals surface area contributed by atoms with Crippen molar-refractivity contribution in [1.82, 2.24) is 4.98 Å². The molecule has 3 nitrogen and oxygen atoms in total. The molecule has 0 fully saturated rings. The molecule has 0 unspecified atom stereocenters. The third-order valence-electron chi connectivity index (χ3n) is 4.67. The molecule has 1 aliphatic rings. The maximum absolute atomic E-state index is 4.79. The van der Waals surface area contributed by atoms with Crippen LogP contribution in [0.4, 0.5) is 17.1 Å². The second-order valence-corrected chi connectivity index (χ2v) is 6.19. The number of nitrogens with zero attached hydrogens (tertiary/aromatic N) is 1. The maximum atomic E-state index is 4.79. The quantitative estimate of drug-likeness (QED) is 0.506. The van der Waals surface area contributed by atoms with Crippen LogP contribution < -0.4 is 10.6 Å². The minimum Gasteiger partial charge on any atom is -0.384 e. The molecule has 5 rings (SSSR count). The molecule has 2 heterocycles. The van der Waals surface area contributed by atoms with Crippen molar-refractivity contribution in [3.63, 3.8) is 0 Å². The standard InChI is InChI=1S/C21H17N3/c1-3-7-19-16(5-1)21(17-6-2-4-8-20(17)24-19)23-15-9-10-18-14(13-15)11-12-22-18/h1-10,13,22H,11-12H2,(H,23,24). The van der Waals surface area contributed by atoms with Crippen molar-refractivity contribution in [3.8, 4) is 0 Å². The highest BCUT2D eigenvalue weighted by molar-refractivity contribution is 6.08. The lowest BCUT2D eigenvalue weighted by Gasteiger charge is -2.14. The van der Waals surface area contributed by atoms with Gasteiger partial charge in [0, 0.05) is 28.7 Å². The van der Waals surface area contributed by atoms with Gasteiger partial charge in [-0.05, 0) is 42.3 Å². The number of aromatic nitrogens is 1. The van der Waals surface area contributed by atoms with Crippen molar-refractivity contribution in [1.29, 1.82) is 0 Å². The van der Waals surface area contributed by atoms with Crippen molar-refractivity contribution in [2.75, 3.05) is 17.2 Å². The highest BCUT2D eigenvalue weighted by Crippen LogP contribution is 2.34. The number of hydrogen-bond donors (Lipinski definition) is 2. The first-order valence-electron chi connectivity index (χ1n) is 8.30. The summed E-state index contributed by atoms with van der Waals surface area (Å²) in [4.78, 5) is 4.79. The summed E-state index contributed by atoms with van der Waals surface area (Å²) < 4.78 is 0. The fourth-order valence-corrected chi connectivity index (χ4v) is 3.50. The van der Waals surface area contributed by atoms with Gasteiger partial charge >= 0.3 is 0 Å². The molecule has 0 radical (unpaired) electrons. The summed E-state index contributed by atoms with van der Waals surface area (Å²) in [5, 5.41) is 9.36. The van der Waals surface area contributed by atoms with E-state index in [1.807, 2.05) is 12.1 Å². The maximum Gasteiger partial charge on any atom is 0.0730 e. The zero-order valence-corrected chi connectivity index (χ0v) is 13.2. The van der Waals surface area contributed by atoms with Gasteiger partial charge in [0.15, 0.2) is 0 Å². The predicted molar refractivity (Wildman–Crippen MR) is 101 cm³/mol. The largest absolute Gasteiger partial charge is 0.384 e. The summed E-state index contributed by atoms with van der Waals surface area (Å²) in [6, 6.07) is 23.2. The fourth-order valence-electron chi connectivity index (χ4n) is 3.50. The van der Waals surface area contributed by atoms with E-state index < -0.39 is 0 Å². The Balaban J connectivity index is 1.72. The van der Waals surface area contributed by atoms with Gasteiger partial charge in [-0.2, -0.15) is 0 Å². The first kappa shape index (κ1) is 13.4. The Bertz CT molecular complexity index is 1020. The molecular formula is C21H17N3. The molecule has 24 heavy (non-hydrogen) atoms. The molecule has 0 spiro atoms. The van der Waals surface area contributed by atoms with E-state index in [1.165, 1.54) is 11.3 Å². The minimum atomic E-state index is 1.02. The minimum absolute atomic E-state index is 1.02. The number of rotatable bonds is 2. The van der Waals surface area contributed by atoms with Gasteiger partial charge in [0.1, 0.15) is 0 Å². The normalized spacial score (nSPS) is 13.0. The summed E-state index contributed by atoms with van der Waals surface area (Å²) in [6.45, 7) is 1.03. The SMILES string of the molecule is c1ccc2c(Nc3ccc4c(c3)CCN4)c3ccccc3nc2c1. The summed E-state index contributed by atoms with van der Waals surface area (Å²) in [5.41, 5.74) is 6.91. The van der Waals surface area contributed by atoms with Crippen LogP contribution in [0.3, 0.4) is 0 Å². The van der Waals surface area contributed by atoms with Crippen LogP contribution >= 0.6 is 0 Å². The number of pyridine rings is 1. The van der Waals surface area contributed by atoms with Crippen LogP contribution in [-0.4, -0.2) is 11.5 Å². The monoisotopic (exact) mass is 311 g/mol. The van der Waals surface area contributed by atoms with Crippen LogP contribution in [0.15, 0.2) is 66.7 Å². The van der Waals surface area contributed by atoms with Gasteiger partial charge in [-0.25, -0.2) is 4.98 Å². The third-order valence-corrected chi connectivity index (χ3v) is 4.67. The van der Waals surface area contributed by atoms with Gasteiger partial charge in [0.05, 0.1) is 16.7 Å². The van der Waals surface area contributed by atoms with Crippen LogP contribution in [0.5, 0.6) is 0 Å². The van der Waals surface area contributed by atoms with Crippen molar-refractivity contribution < 1.29 is 0 Å². The Morgan fingerprint density at radius 3 is 2.29 bits per heavy atom. The van der Waals surface area contributed by atoms with Gasteiger partial charge in [-0.3, -0.25) is 0 Å². The van der Waals surface area contributed by atoms with E-state index >= 15 is 0 Å². The van der Waals surface area contributed by atoms with E-state index in [1.54, 1.807) is 0 Å².